The topological polar surface area (TPSA) is 18.5 Å². The molecule has 1 aliphatic heterocycles. The molecule has 0 radical (unpaired) electrons. The summed E-state index contributed by atoms with van der Waals surface area (Å²) >= 11 is 0. The predicted molar refractivity (Wildman–Crippen MR) is 75.2 cm³/mol. The Bertz CT molecular complexity index is 473. The van der Waals surface area contributed by atoms with Crippen LogP contribution in [0.15, 0.2) is 40.6 Å². The van der Waals surface area contributed by atoms with E-state index in [9.17, 15) is 0 Å². The van der Waals surface area contributed by atoms with E-state index in [-0.39, 0.29) is 18.3 Å². The van der Waals surface area contributed by atoms with Crippen LogP contribution in [0.3, 0.4) is 0 Å². The predicted octanol–water partition coefficient (Wildman–Crippen LogP) is 3.61. The molecule has 0 spiro atoms. The van der Waals surface area contributed by atoms with E-state index in [1.165, 1.54) is 11.1 Å². The third-order valence-corrected chi connectivity index (χ3v) is 3.96. The summed E-state index contributed by atoms with van der Waals surface area (Å²) < 4.78 is 12.1. The van der Waals surface area contributed by atoms with Gasteiger partial charge in [0.2, 0.25) is 0 Å². The lowest BCUT2D eigenvalue weighted by Gasteiger charge is -2.32. The average Bonchev–Trinajstić information content (AvgIpc) is 2.34. The molecule has 2 nitrogen and oxygen atoms in total. The second kappa shape index (κ2) is 4.27. The molecule has 0 saturated carbocycles. The van der Waals surface area contributed by atoms with Crippen molar-refractivity contribution in [1.82, 2.24) is 0 Å². The fourth-order valence-corrected chi connectivity index (χ4v) is 2.07. The second-order valence-electron chi connectivity index (χ2n) is 6.07. The third-order valence-electron chi connectivity index (χ3n) is 3.96. The van der Waals surface area contributed by atoms with Gasteiger partial charge in [0.1, 0.15) is 0 Å². The van der Waals surface area contributed by atoms with Crippen molar-refractivity contribution in [1.29, 1.82) is 0 Å². The van der Waals surface area contributed by atoms with E-state index in [1.807, 2.05) is 12.2 Å². The maximum atomic E-state index is 6.07. The van der Waals surface area contributed by atoms with E-state index < -0.39 is 0 Å². The lowest BCUT2D eigenvalue weighted by Crippen LogP contribution is -2.41. The first-order chi connectivity index (χ1) is 8.23. The Labute approximate surface area is 110 Å². The van der Waals surface area contributed by atoms with Crippen LogP contribution in [0, 0.1) is 0 Å². The molecule has 18 heavy (non-hydrogen) atoms. The van der Waals surface area contributed by atoms with Crippen LogP contribution in [0.2, 0.25) is 0 Å². The van der Waals surface area contributed by atoms with Crippen molar-refractivity contribution in [3.63, 3.8) is 0 Å². The van der Waals surface area contributed by atoms with Crippen LogP contribution in [0.1, 0.15) is 41.5 Å². The zero-order valence-electron chi connectivity index (χ0n) is 12.1. The Hall–Kier alpha value is -1.02. The summed E-state index contributed by atoms with van der Waals surface area (Å²) in [4.78, 5) is 0. The number of hydrogen-bond donors (Lipinski definition) is 0. The lowest BCUT2D eigenvalue weighted by molar-refractivity contribution is 0.00578. The molecule has 0 unspecified atom stereocenters. The third kappa shape index (κ3) is 2.26. The SMILES string of the molecule is CC1=CC(C)=C(B2OC(C)(C)C(C)(C)O2)C=C=C1. The Morgan fingerprint density at radius 2 is 1.56 bits per heavy atom. The summed E-state index contributed by atoms with van der Waals surface area (Å²) in [6.45, 7) is 12.4. The summed E-state index contributed by atoms with van der Waals surface area (Å²) in [5, 5.41) is 0. The highest BCUT2D eigenvalue weighted by atomic mass is 16.7. The Kier molecular flexibility index (Phi) is 3.18. The van der Waals surface area contributed by atoms with Gasteiger partial charge in [-0.1, -0.05) is 11.6 Å². The van der Waals surface area contributed by atoms with E-state index in [4.69, 9.17) is 9.31 Å². The fraction of sp³-hybridized carbons (Fsp3) is 0.533. The van der Waals surface area contributed by atoms with E-state index in [1.54, 1.807) is 0 Å². The molecule has 0 N–H and O–H groups in total. The van der Waals surface area contributed by atoms with Crippen molar-refractivity contribution in [2.75, 3.05) is 0 Å². The van der Waals surface area contributed by atoms with Gasteiger partial charge in [-0.2, -0.15) is 0 Å². The van der Waals surface area contributed by atoms with Gasteiger partial charge in [0.25, 0.3) is 0 Å². The zero-order valence-corrected chi connectivity index (χ0v) is 12.1. The first-order valence-corrected chi connectivity index (χ1v) is 6.40. The molecule has 1 heterocycles. The minimum atomic E-state index is -0.307. The van der Waals surface area contributed by atoms with Crippen LogP contribution in [0.4, 0.5) is 0 Å². The average molecular weight is 244 g/mol. The van der Waals surface area contributed by atoms with Crippen molar-refractivity contribution in [2.45, 2.75) is 52.7 Å². The number of hydrogen-bond acceptors (Lipinski definition) is 2. The van der Waals surface area contributed by atoms with Crippen LogP contribution < -0.4 is 0 Å². The van der Waals surface area contributed by atoms with Crippen molar-refractivity contribution in [2.24, 2.45) is 0 Å². The maximum Gasteiger partial charge on any atom is 0.495 e. The van der Waals surface area contributed by atoms with Crippen LogP contribution in [0.5, 0.6) is 0 Å². The number of allylic oxidation sites excluding steroid dienone is 5. The molecular formula is C15H21BO2. The quantitative estimate of drug-likeness (QED) is 0.518. The largest absolute Gasteiger partial charge is 0.495 e. The highest BCUT2D eigenvalue weighted by molar-refractivity contribution is 6.56. The van der Waals surface area contributed by atoms with Gasteiger partial charge in [-0.05, 0) is 64.7 Å². The van der Waals surface area contributed by atoms with Crippen LogP contribution in [-0.2, 0) is 9.31 Å². The molecule has 1 aliphatic carbocycles. The standard InChI is InChI=1S/C15H21BO2/c1-11-8-7-9-13(12(2)10-11)16-17-14(3,4)15(5,6)18-16/h8-10H,1-6H3. The van der Waals surface area contributed by atoms with Crippen molar-refractivity contribution < 1.29 is 9.31 Å². The van der Waals surface area contributed by atoms with Gasteiger partial charge in [0.05, 0.1) is 11.2 Å². The molecule has 0 aromatic rings. The minimum Gasteiger partial charge on any atom is -0.399 e. The molecule has 0 atom stereocenters. The van der Waals surface area contributed by atoms with Gasteiger partial charge in [0.15, 0.2) is 0 Å². The summed E-state index contributed by atoms with van der Waals surface area (Å²) in [6, 6.07) is 0. The fourth-order valence-electron chi connectivity index (χ4n) is 2.07. The monoisotopic (exact) mass is 244 g/mol. The maximum absolute atomic E-state index is 6.07. The second-order valence-corrected chi connectivity index (χ2v) is 6.07. The molecule has 0 amide bonds. The Morgan fingerprint density at radius 1 is 1.00 bits per heavy atom. The number of rotatable bonds is 1. The van der Waals surface area contributed by atoms with Gasteiger partial charge in [0, 0.05) is 0 Å². The van der Waals surface area contributed by atoms with Crippen LogP contribution in [0.25, 0.3) is 0 Å². The minimum absolute atomic E-state index is 0.298. The summed E-state index contributed by atoms with van der Waals surface area (Å²) in [6.07, 6.45) is 6.07. The van der Waals surface area contributed by atoms with Crippen molar-refractivity contribution in [3.8, 4) is 0 Å². The van der Waals surface area contributed by atoms with E-state index in [2.05, 4.69) is 53.3 Å². The van der Waals surface area contributed by atoms with Gasteiger partial charge >= 0.3 is 7.12 Å². The zero-order chi connectivity index (χ0) is 13.6. The molecule has 0 aromatic heterocycles. The van der Waals surface area contributed by atoms with Crippen LogP contribution >= 0.6 is 0 Å². The first-order valence-electron chi connectivity index (χ1n) is 6.40. The smallest absolute Gasteiger partial charge is 0.399 e. The van der Waals surface area contributed by atoms with Crippen LogP contribution in [-0.4, -0.2) is 18.3 Å². The molecule has 1 fully saturated rings. The van der Waals surface area contributed by atoms with E-state index in [0.29, 0.717) is 0 Å². The van der Waals surface area contributed by atoms with E-state index in [0.717, 1.165) is 5.47 Å². The highest BCUT2D eigenvalue weighted by Crippen LogP contribution is 2.39. The highest BCUT2D eigenvalue weighted by Gasteiger charge is 2.52. The molecule has 0 aromatic carbocycles. The molecule has 96 valence electrons. The summed E-state index contributed by atoms with van der Waals surface area (Å²) in [7, 11) is -0.307. The van der Waals surface area contributed by atoms with Gasteiger partial charge < -0.3 is 9.31 Å². The summed E-state index contributed by atoms with van der Waals surface area (Å²) in [5.74, 6) is 0. The molecule has 2 rings (SSSR count). The molecule has 3 heteroatoms. The normalized spacial score (nSPS) is 25.4. The molecule has 2 aliphatic rings. The van der Waals surface area contributed by atoms with Gasteiger partial charge in [-0.25, -0.2) is 0 Å². The molecule has 0 bridgehead atoms. The van der Waals surface area contributed by atoms with Crippen molar-refractivity contribution >= 4 is 7.12 Å². The van der Waals surface area contributed by atoms with Crippen molar-refractivity contribution in [3.05, 3.63) is 40.6 Å². The lowest BCUT2D eigenvalue weighted by atomic mass is 9.75. The van der Waals surface area contributed by atoms with E-state index >= 15 is 0 Å². The van der Waals surface area contributed by atoms with Gasteiger partial charge in [-0.3, -0.25) is 0 Å². The van der Waals surface area contributed by atoms with Gasteiger partial charge in [-0.15, -0.1) is 5.73 Å². The summed E-state index contributed by atoms with van der Waals surface area (Å²) in [5.41, 5.74) is 6.00. The Balaban J connectivity index is 2.36. The first kappa shape index (κ1) is 13.4. The molecule has 1 saturated heterocycles. The Morgan fingerprint density at radius 3 is 2.11 bits per heavy atom. The molecular weight excluding hydrogens is 223 g/mol.